The van der Waals surface area contributed by atoms with Crippen LogP contribution in [0.1, 0.15) is 25.5 Å². The lowest BCUT2D eigenvalue weighted by atomic mass is 9.76. The van der Waals surface area contributed by atoms with Gasteiger partial charge < -0.3 is 14.1 Å². The van der Waals surface area contributed by atoms with Gasteiger partial charge in [0.1, 0.15) is 11.4 Å². The SMILES string of the molecule is CC1C=CC=C2C(c3nc([Si](C)=O)ccc3OCC3CC3)=CN(C)C(=O)C21. The van der Waals surface area contributed by atoms with Crippen LogP contribution < -0.4 is 10.1 Å². The van der Waals surface area contributed by atoms with Gasteiger partial charge in [0.15, 0.2) is 0 Å². The molecule has 1 aromatic heterocycles. The number of ether oxygens (including phenoxy) is 1. The van der Waals surface area contributed by atoms with Crippen LogP contribution in [0.15, 0.2) is 42.1 Å². The largest absolute Gasteiger partial charge is 0.491 e. The van der Waals surface area contributed by atoms with Crippen LogP contribution in [0.25, 0.3) is 5.57 Å². The molecule has 1 aromatic rings. The van der Waals surface area contributed by atoms with Gasteiger partial charge in [0.05, 0.1) is 17.8 Å². The number of allylic oxidation sites excluding steroid dienone is 4. The molecular formula is C21H24N2O3Si. The Morgan fingerprint density at radius 3 is 2.81 bits per heavy atom. The van der Waals surface area contributed by atoms with Crippen molar-refractivity contribution in [2.24, 2.45) is 17.8 Å². The lowest BCUT2D eigenvalue weighted by molar-refractivity contribution is -0.131. The zero-order chi connectivity index (χ0) is 19.1. The van der Waals surface area contributed by atoms with E-state index in [-0.39, 0.29) is 17.7 Å². The number of pyridine rings is 1. The van der Waals surface area contributed by atoms with Crippen LogP contribution in [-0.2, 0) is 9.26 Å². The second-order valence-electron chi connectivity index (χ2n) is 7.69. The van der Waals surface area contributed by atoms with Crippen LogP contribution in [0, 0.1) is 17.8 Å². The molecule has 1 fully saturated rings. The van der Waals surface area contributed by atoms with Gasteiger partial charge in [-0.3, -0.25) is 4.79 Å². The van der Waals surface area contributed by atoms with Crippen molar-refractivity contribution in [1.29, 1.82) is 0 Å². The van der Waals surface area contributed by atoms with E-state index in [2.05, 4.69) is 13.0 Å². The molecule has 0 saturated heterocycles. The van der Waals surface area contributed by atoms with Gasteiger partial charge in [-0.15, -0.1) is 0 Å². The van der Waals surface area contributed by atoms with Crippen molar-refractivity contribution in [3.05, 3.63) is 47.8 Å². The lowest BCUT2D eigenvalue weighted by Crippen LogP contribution is -2.38. The van der Waals surface area contributed by atoms with Crippen molar-refractivity contribution in [2.45, 2.75) is 26.3 Å². The third-order valence-corrected chi connectivity index (χ3v) is 6.44. The van der Waals surface area contributed by atoms with E-state index < -0.39 is 8.68 Å². The summed E-state index contributed by atoms with van der Waals surface area (Å²) in [6.45, 7) is 4.43. The molecule has 4 rings (SSSR count). The summed E-state index contributed by atoms with van der Waals surface area (Å²) in [7, 11) is -0.149. The molecule has 2 aliphatic carbocycles. The fraction of sp³-hybridized carbons (Fsp3) is 0.429. The van der Waals surface area contributed by atoms with Crippen LogP contribution in [-0.4, -0.2) is 38.1 Å². The Kier molecular flexibility index (Phi) is 4.68. The van der Waals surface area contributed by atoms with Gasteiger partial charge in [-0.05, 0) is 48.9 Å². The fourth-order valence-corrected chi connectivity index (χ4v) is 4.23. The summed E-state index contributed by atoms with van der Waals surface area (Å²) in [5, 5.41) is 0.589. The van der Waals surface area contributed by atoms with Gasteiger partial charge >= 0.3 is 8.68 Å². The Labute approximate surface area is 161 Å². The maximum atomic E-state index is 12.7. The van der Waals surface area contributed by atoms with Crippen LogP contribution in [0.2, 0.25) is 6.55 Å². The van der Waals surface area contributed by atoms with Gasteiger partial charge in [0, 0.05) is 18.8 Å². The van der Waals surface area contributed by atoms with Crippen molar-refractivity contribution in [3.8, 4) is 5.75 Å². The molecule has 1 amide bonds. The standard InChI is InChI=1S/C21H24N2O3Si/c1-13-5-4-6-15-16(11-23(2)21(24)19(13)15)20-17(26-12-14-7-8-14)9-10-18(22-20)27(3)25/h4-6,9-11,13-14,19H,7-8,12H2,1-3H3. The monoisotopic (exact) mass is 380 g/mol. The highest BCUT2D eigenvalue weighted by molar-refractivity contribution is 6.57. The van der Waals surface area contributed by atoms with Gasteiger partial charge in [0.25, 0.3) is 0 Å². The molecule has 2 unspecified atom stereocenters. The molecule has 1 aliphatic heterocycles. The molecular weight excluding hydrogens is 356 g/mol. The molecule has 3 aliphatic rings. The van der Waals surface area contributed by atoms with E-state index in [9.17, 15) is 9.26 Å². The predicted molar refractivity (Wildman–Crippen MR) is 105 cm³/mol. The second kappa shape index (κ2) is 7.00. The maximum Gasteiger partial charge on any atom is 0.327 e. The highest BCUT2D eigenvalue weighted by Crippen LogP contribution is 2.42. The third kappa shape index (κ3) is 3.46. The number of hydrogen-bond acceptors (Lipinski definition) is 4. The molecule has 0 aromatic carbocycles. The van der Waals surface area contributed by atoms with E-state index in [1.54, 1.807) is 24.6 Å². The minimum Gasteiger partial charge on any atom is -0.491 e. The molecule has 6 heteroatoms. The molecule has 0 radical (unpaired) electrons. The molecule has 0 bridgehead atoms. The summed E-state index contributed by atoms with van der Waals surface area (Å²) in [6.07, 6.45) is 10.3. The van der Waals surface area contributed by atoms with Gasteiger partial charge in [-0.25, -0.2) is 4.98 Å². The number of nitrogens with zero attached hydrogens (tertiary/aromatic N) is 2. The zero-order valence-corrected chi connectivity index (χ0v) is 16.9. The zero-order valence-electron chi connectivity index (χ0n) is 15.9. The molecule has 2 heterocycles. The average Bonchev–Trinajstić information content (AvgIpc) is 3.47. The molecule has 27 heavy (non-hydrogen) atoms. The number of carbonyl (C=O) groups excluding carboxylic acids is 1. The first kappa shape index (κ1) is 18.0. The Morgan fingerprint density at radius 2 is 2.11 bits per heavy atom. The van der Waals surface area contributed by atoms with Crippen molar-refractivity contribution >= 4 is 25.5 Å². The summed E-state index contributed by atoms with van der Waals surface area (Å²) in [6, 6.07) is 3.67. The third-order valence-electron chi connectivity index (χ3n) is 5.44. The van der Waals surface area contributed by atoms with Crippen LogP contribution in [0.3, 0.4) is 0 Å². The van der Waals surface area contributed by atoms with E-state index in [1.807, 2.05) is 24.4 Å². The fourth-order valence-electron chi connectivity index (χ4n) is 3.64. The number of amides is 1. The van der Waals surface area contributed by atoms with E-state index in [4.69, 9.17) is 9.72 Å². The predicted octanol–water partition coefficient (Wildman–Crippen LogP) is 2.69. The normalized spacial score (nSPS) is 24.3. The van der Waals surface area contributed by atoms with E-state index in [0.29, 0.717) is 29.3 Å². The first-order valence-corrected chi connectivity index (χ1v) is 11.4. The lowest BCUT2D eigenvalue weighted by Gasteiger charge is -2.35. The maximum absolute atomic E-state index is 12.7. The van der Waals surface area contributed by atoms with E-state index in [0.717, 1.165) is 11.1 Å². The Hall–Kier alpha value is -2.34. The number of hydrogen-bond donors (Lipinski definition) is 0. The summed E-state index contributed by atoms with van der Waals surface area (Å²) in [5.74, 6) is 1.30. The highest BCUT2D eigenvalue weighted by atomic mass is 28.3. The van der Waals surface area contributed by atoms with Gasteiger partial charge in [0.2, 0.25) is 5.91 Å². The number of fused-ring (bicyclic) bond motifs is 1. The van der Waals surface area contributed by atoms with Crippen molar-refractivity contribution in [1.82, 2.24) is 9.88 Å². The highest BCUT2D eigenvalue weighted by Gasteiger charge is 2.38. The Morgan fingerprint density at radius 1 is 1.33 bits per heavy atom. The first-order chi connectivity index (χ1) is 13.0. The van der Waals surface area contributed by atoms with Crippen LogP contribution in [0.5, 0.6) is 5.75 Å². The van der Waals surface area contributed by atoms with Crippen LogP contribution >= 0.6 is 0 Å². The minimum atomic E-state index is -1.93. The first-order valence-electron chi connectivity index (χ1n) is 9.48. The topological polar surface area (TPSA) is 59.5 Å². The van der Waals surface area contributed by atoms with Crippen molar-refractivity contribution in [2.75, 3.05) is 13.7 Å². The average molecular weight is 381 g/mol. The van der Waals surface area contributed by atoms with Crippen LogP contribution in [0.4, 0.5) is 0 Å². The number of carbonyl (C=O) groups is 1. The van der Waals surface area contributed by atoms with E-state index >= 15 is 0 Å². The van der Waals surface area contributed by atoms with Crippen molar-refractivity contribution in [3.63, 3.8) is 0 Å². The summed E-state index contributed by atoms with van der Waals surface area (Å²) < 4.78 is 18.2. The molecule has 5 nitrogen and oxygen atoms in total. The molecule has 0 N–H and O–H groups in total. The van der Waals surface area contributed by atoms with E-state index in [1.165, 1.54) is 12.8 Å². The number of rotatable bonds is 5. The molecule has 0 spiro atoms. The Balaban J connectivity index is 1.81. The van der Waals surface area contributed by atoms with Gasteiger partial charge in [-0.1, -0.05) is 25.2 Å². The van der Waals surface area contributed by atoms with Gasteiger partial charge in [-0.2, -0.15) is 0 Å². The number of aromatic nitrogens is 1. The summed E-state index contributed by atoms with van der Waals surface area (Å²) >= 11 is 0. The molecule has 2 atom stereocenters. The molecule has 1 saturated carbocycles. The quantitative estimate of drug-likeness (QED) is 0.737. The summed E-state index contributed by atoms with van der Waals surface area (Å²) in [5.41, 5.74) is 2.53. The Bertz CT molecular complexity index is 899. The van der Waals surface area contributed by atoms with Crippen molar-refractivity contribution < 1.29 is 14.0 Å². The summed E-state index contributed by atoms with van der Waals surface area (Å²) in [4.78, 5) is 19.1. The minimum absolute atomic E-state index is 0.0857. The second-order valence-corrected chi connectivity index (χ2v) is 9.31. The molecule has 140 valence electrons. The smallest absolute Gasteiger partial charge is 0.327 e.